The third kappa shape index (κ3) is 5.35. The number of aliphatic hydroxyl groups excluding tert-OH is 2. The fourth-order valence-corrected chi connectivity index (χ4v) is 6.35. The molecule has 0 saturated carbocycles. The highest BCUT2D eigenvalue weighted by Gasteiger charge is 2.50. The number of hydrogen-bond acceptors (Lipinski definition) is 13. The molecule has 2 aromatic rings. The number of nitrogen functional groups attached to an aromatic ring is 1. The lowest BCUT2D eigenvalue weighted by atomic mass is 10.2. The Kier molecular flexibility index (Phi) is 6.68. The van der Waals surface area contributed by atoms with Crippen molar-refractivity contribution < 1.29 is 56.7 Å². The maximum atomic E-state index is 12.5. The minimum absolute atomic E-state index is 0.0260. The van der Waals surface area contributed by atoms with Crippen molar-refractivity contribution in [2.45, 2.75) is 24.7 Å². The summed E-state index contributed by atoms with van der Waals surface area (Å²) in [6.07, 6.45) is -4.67. The van der Waals surface area contributed by atoms with Crippen LogP contribution in [0.5, 0.6) is 0 Å². The fraction of sp³-hybridized carbons (Fsp3) is 0.500. The minimum Gasteiger partial charge on any atom is -0.385 e. The van der Waals surface area contributed by atoms with E-state index in [1.165, 1.54) is 0 Å². The van der Waals surface area contributed by atoms with Crippen molar-refractivity contribution in [2.75, 3.05) is 12.8 Å². The Morgan fingerprint density at radius 3 is 2.45 bits per heavy atom. The number of nitrogens with zero attached hydrogens (tertiary/aromatic N) is 4. The first kappa shape index (κ1) is 24.3. The minimum atomic E-state index is -5.42. The van der Waals surface area contributed by atoms with Crippen LogP contribution in [0.15, 0.2) is 12.7 Å². The summed E-state index contributed by atoms with van der Waals surface area (Å²) in [6.45, 7) is 0. The maximum absolute atomic E-state index is 12.5. The molecule has 1 fully saturated rings. The van der Waals surface area contributed by atoms with Crippen LogP contribution in [-0.4, -0.2) is 70.0 Å². The summed E-state index contributed by atoms with van der Waals surface area (Å²) < 4.78 is 55.0. The number of phosphoric acid groups is 1. The third-order valence-corrected chi connectivity index (χ3v) is 8.43. The molecule has 0 aromatic carbocycles. The van der Waals surface area contributed by atoms with E-state index in [4.69, 9.17) is 24.8 Å². The first-order chi connectivity index (χ1) is 14.3. The van der Waals surface area contributed by atoms with Crippen LogP contribution in [0.25, 0.3) is 11.2 Å². The van der Waals surface area contributed by atoms with Gasteiger partial charge in [0.05, 0.1) is 6.33 Å². The zero-order valence-corrected chi connectivity index (χ0v) is 17.9. The second kappa shape index (κ2) is 8.53. The average molecular weight is 506 g/mol. The number of nitrogens with two attached hydrogens (primary N) is 1. The smallest absolute Gasteiger partial charge is 0.385 e. The van der Waals surface area contributed by atoms with Gasteiger partial charge in [0, 0.05) is 7.11 Å². The second-order valence-electron chi connectivity index (χ2n) is 5.94. The SMILES string of the molecule is COP(=O)(O[C@H]1O[C@@H](n2cnc3c(N)ncnc32)[C@H](O)[C@@H]1O)OP(=O)(O)NP(=O)(O)O. The van der Waals surface area contributed by atoms with Gasteiger partial charge in [-0.25, -0.2) is 28.6 Å². The molecule has 0 aliphatic carbocycles. The van der Waals surface area contributed by atoms with Crippen molar-refractivity contribution >= 4 is 40.3 Å². The molecule has 6 atom stereocenters. The van der Waals surface area contributed by atoms with Crippen molar-refractivity contribution in [3.63, 3.8) is 0 Å². The molecule has 2 aromatic heterocycles. The number of hydrogen-bond donors (Lipinski definition) is 7. The zero-order valence-electron chi connectivity index (χ0n) is 15.3. The number of nitrogens with one attached hydrogen (secondary N) is 1. The van der Waals surface area contributed by atoms with Crippen LogP contribution in [0.3, 0.4) is 0 Å². The third-order valence-electron chi connectivity index (χ3n) is 3.78. The van der Waals surface area contributed by atoms with E-state index >= 15 is 0 Å². The highest BCUT2D eigenvalue weighted by atomic mass is 31.3. The lowest BCUT2D eigenvalue weighted by molar-refractivity contribution is -0.134. The Labute approximate surface area is 172 Å². The number of ether oxygens (including phenoxy) is 1. The zero-order chi connectivity index (χ0) is 23.2. The topological polar surface area (TPSA) is 271 Å². The lowest BCUT2D eigenvalue weighted by Gasteiger charge is -2.23. The standard InChI is InChI=1S/C10H17N6O12P3/c1-25-31(24,28-30(22,23)15-29(19,20)21)27-10-6(18)5(17)9(26-10)16-3-14-4-7(11)12-2-13-8(4)16/h2-3,5-6,9-10,17-18H,1H3,(H2,11,12,13)(H4,15,19,20,21,22,23)/t5-,6+,9-,10-,31?/m1/s1. The van der Waals surface area contributed by atoms with E-state index in [2.05, 4.69) is 23.8 Å². The molecule has 0 bridgehead atoms. The van der Waals surface area contributed by atoms with Crippen molar-refractivity contribution in [1.82, 2.24) is 24.4 Å². The predicted octanol–water partition coefficient (Wildman–Crippen LogP) is -1.44. The first-order valence-electron chi connectivity index (χ1n) is 7.93. The van der Waals surface area contributed by atoms with Crippen LogP contribution in [0.1, 0.15) is 6.23 Å². The van der Waals surface area contributed by atoms with E-state index in [9.17, 15) is 28.8 Å². The molecule has 1 aliphatic heterocycles. The van der Waals surface area contributed by atoms with Crippen LogP contribution in [0.4, 0.5) is 5.82 Å². The van der Waals surface area contributed by atoms with Crippen LogP contribution in [0, 0.1) is 0 Å². The molecular formula is C10H17N6O12P3. The van der Waals surface area contributed by atoms with E-state index in [0.717, 1.165) is 29.2 Å². The Morgan fingerprint density at radius 1 is 1.16 bits per heavy atom. The molecule has 18 nitrogen and oxygen atoms in total. The fourth-order valence-electron chi connectivity index (χ4n) is 2.54. The molecule has 1 aliphatic rings. The normalized spacial score (nSPS) is 28.5. The summed E-state index contributed by atoms with van der Waals surface area (Å²) >= 11 is 0. The Bertz CT molecular complexity index is 1110. The maximum Gasteiger partial charge on any atom is 0.485 e. The van der Waals surface area contributed by atoms with Gasteiger partial charge in [0.15, 0.2) is 24.0 Å². The Hall–Kier alpha value is -1.36. The van der Waals surface area contributed by atoms with E-state index in [1.807, 2.05) is 0 Å². The molecule has 3 heterocycles. The number of fused-ring (bicyclic) bond motifs is 1. The van der Waals surface area contributed by atoms with Gasteiger partial charge in [0.1, 0.15) is 24.1 Å². The molecule has 3 rings (SSSR count). The summed E-state index contributed by atoms with van der Waals surface area (Å²) in [6, 6.07) is 0. The highest BCUT2D eigenvalue weighted by molar-refractivity contribution is 7.70. The van der Waals surface area contributed by atoms with Crippen LogP contribution in [0.2, 0.25) is 0 Å². The largest absolute Gasteiger partial charge is 0.485 e. The van der Waals surface area contributed by atoms with Gasteiger partial charge in [-0.2, -0.15) is 4.31 Å². The van der Waals surface area contributed by atoms with E-state index in [1.54, 1.807) is 0 Å². The van der Waals surface area contributed by atoms with E-state index in [-0.39, 0.29) is 17.0 Å². The van der Waals surface area contributed by atoms with E-state index in [0.29, 0.717) is 0 Å². The summed E-state index contributed by atoms with van der Waals surface area (Å²) in [4.78, 5) is 39.5. The summed E-state index contributed by atoms with van der Waals surface area (Å²) in [5.41, 5.74) is 5.95. The second-order valence-corrected chi connectivity index (χ2v) is 11.0. The number of phosphoric ester groups is 1. The molecule has 1 saturated heterocycles. The monoisotopic (exact) mass is 506 g/mol. The summed E-state index contributed by atoms with van der Waals surface area (Å²) in [5.74, 6) is 0.0260. The van der Waals surface area contributed by atoms with Gasteiger partial charge < -0.3 is 35.4 Å². The molecule has 31 heavy (non-hydrogen) atoms. The summed E-state index contributed by atoms with van der Waals surface area (Å²) in [7, 11) is -15.0. The van der Waals surface area contributed by atoms with E-state index < -0.39 is 48.0 Å². The summed E-state index contributed by atoms with van der Waals surface area (Å²) in [5, 5.41) is 20.5. The molecule has 0 amide bonds. The predicted molar refractivity (Wildman–Crippen MR) is 97.4 cm³/mol. The van der Waals surface area contributed by atoms with Crippen molar-refractivity contribution in [2.24, 2.45) is 0 Å². The number of anilines is 1. The molecule has 8 N–H and O–H groups in total. The lowest BCUT2D eigenvalue weighted by Crippen LogP contribution is -2.32. The van der Waals surface area contributed by atoms with Crippen molar-refractivity contribution in [1.29, 1.82) is 0 Å². The van der Waals surface area contributed by atoms with Gasteiger partial charge in [-0.15, -0.1) is 4.86 Å². The molecule has 0 spiro atoms. The van der Waals surface area contributed by atoms with Gasteiger partial charge in [0.2, 0.25) is 0 Å². The number of aliphatic hydroxyl groups is 2. The van der Waals surface area contributed by atoms with Gasteiger partial charge in [0.25, 0.3) is 0 Å². The molecule has 0 radical (unpaired) electrons. The van der Waals surface area contributed by atoms with Crippen molar-refractivity contribution in [3.8, 4) is 0 Å². The molecule has 174 valence electrons. The highest BCUT2D eigenvalue weighted by Crippen LogP contribution is 2.64. The number of imidazole rings is 1. The Balaban J connectivity index is 1.81. The van der Waals surface area contributed by atoms with Gasteiger partial charge in [-0.05, 0) is 0 Å². The molecule has 21 heteroatoms. The van der Waals surface area contributed by atoms with Crippen LogP contribution >= 0.6 is 23.3 Å². The van der Waals surface area contributed by atoms with Crippen molar-refractivity contribution in [3.05, 3.63) is 12.7 Å². The van der Waals surface area contributed by atoms with Crippen LogP contribution in [-0.2, 0) is 31.8 Å². The average Bonchev–Trinajstić information content (AvgIpc) is 3.16. The Morgan fingerprint density at radius 2 is 1.84 bits per heavy atom. The van der Waals surface area contributed by atoms with Gasteiger partial charge in [-0.1, -0.05) is 0 Å². The first-order valence-corrected chi connectivity index (χ1v) is 12.6. The quantitative estimate of drug-likeness (QED) is 0.202. The van der Waals surface area contributed by atoms with Crippen LogP contribution < -0.4 is 10.6 Å². The molecular weight excluding hydrogens is 489 g/mol. The van der Waals surface area contributed by atoms with Gasteiger partial charge in [-0.3, -0.25) is 13.6 Å². The number of aromatic nitrogens is 4. The van der Waals surface area contributed by atoms with Gasteiger partial charge >= 0.3 is 23.3 Å². The number of rotatable bonds is 8. The molecule has 2 unspecified atom stereocenters.